The average molecular weight is 219 g/mol. The summed E-state index contributed by atoms with van der Waals surface area (Å²) < 4.78 is 5.57. The largest absolute Gasteiger partial charge is 0.507 e. The van der Waals surface area contributed by atoms with E-state index in [2.05, 4.69) is 0 Å². The number of hydrogen-bond acceptors (Lipinski definition) is 3. The molecule has 0 aromatic heterocycles. The van der Waals surface area contributed by atoms with E-state index >= 15 is 0 Å². The van der Waals surface area contributed by atoms with E-state index in [1.54, 1.807) is 0 Å². The molecule has 3 N–H and O–H groups in total. The normalized spacial score (nSPS) is 21.1. The van der Waals surface area contributed by atoms with Gasteiger partial charge >= 0.3 is 0 Å². The Morgan fingerprint density at radius 1 is 1.44 bits per heavy atom. The Kier molecular flexibility index (Phi) is 1.96. The smallest absolute Gasteiger partial charge is 0.124 e. The van der Waals surface area contributed by atoms with Gasteiger partial charge in [0.1, 0.15) is 11.5 Å². The molecule has 1 saturated carbocycles. The summed E-state index contributed by atoms with van der Waals surface area (Å²) >= 11 is 0. The number of ether oxygens (including phenoxy) is 1. The zero-order valence-electron chi connectivity index (χ0n) is 9.55. The number of nitrogens with two attached hydrogens (primary N) is 1. The Morgan fingerprint density at radius 3 is 2.81 bits per heavy atom. The van der Waals surface area contributed by atoms with Crippen LogP contribution < -0.4 is 10.5 Å². The van der Waals surface area contributed by atoms with Crippen LogP contribution in [0.15, 0.2) is 6.07 Å². The third-order valence-electron chi connectivity index (χ3n) is 3.91. The lowest BCUT2D eigenvalue weighted by molar-refractivity contribution is 0.243. The molecule has 0 unspecified atom stereocenters. The number of fused-ring (bicyclic) bond motifs is 1. The molecule has 0 saturated heterocycles. The molecule has 3 nitrogen and oxygen atoms in total. The number of phenolic OH excluding ortho intramolecular Hbond substituents is 1. The molecular weight excluding hydrogens is 202 g/mol. The standard InChI is InChI=1S/C13H17NO2/c1-8-7-10-9(3-6-16-10)11(12(8)15)13(14)4-2-5-13/h7,15H,2-6,14H2,1H3. The highest BCUT2D eigenvalue weighted by Crippen LogP contribution is 2.48. The van der Waals surface area contributed by atoms with Gasteiger partial charge in [0, 0.05) is 23.1 Å². The van der Waals surface area contributed by atoms with Crippen molar-refractivity contribution in [3.8, 4) is 11.5 Å². The van der Waals surface area contributed by atoms with Crippen LogP contribution in [0.1, 0.15) is 36.0 Å². The lowest BCUT2D eigenvalue weighted by Crippen LogP contribution is -2.44. The second kappa shape index (κ2) is 3.14. The van der Waals surface area contributed by atoms with Crippen LogP contribution >= 0.6 is 0 Å². The number of aryl methyl sites for hydroxylation is 1. The fourth-order valence-electron chi connectivity index (χ4n) is 2.80. The van der Waals surface area contributed by atoms with Crippen molar-refractivity contribution in [1.29, 1.82) is 0 Å². The third-order valence-corrected chi connectivity index (χ3v) is 3.91. The SMILES string of the molecule is Cc1cc2c(c(C3(N)CCC3)c1O)CCO2. The van der Waals surface area contributed by atoms with Crippen LogP contribution in [-0.4, -0.2) is 11.7 Å². The average Bonchev–Trinajstić information content (AvgIpc) is 2.63. The van der Waals surface area contributed by atoms with Crippen LogP contribution in [0.2, 0.25) is 0 Å². The lowest BCUT2D eigenvalue weighted by atomic mass is 9.70. The van der Waals surface area contributed by atoms with Crippen molar-refractivity contribution in [2.75, 3.05) is 6.61 Å². The number of hydrogen-bond donors (Lipinski definition) is 2. The second-order valence-corrected chi connectivity index (χ2v) is 5.00. The van der Waals surface area contributed by atoms with Gasteiger partial charge in [-0.2, -0.15) is 0 Å². The first-order valence-electron chi connectivity index (χ1n) is 5.89. The molecule has 3 rings (SSSR count). The van der Waals surface area contributed by atoms with E-state index < -0.39 is 0 Å². The molecular formula is C13H17NO2. The minimum atomic E-state index is -0.312. The van der Waals surface area contributed by atoms with Crippen LogP contribution in [0.5, 0.6) is 11.5 Å². The van der Waals surface area contributed by atoms with E-state index in [1.807, 2.05) is 13.0 Å². The quantitative estimate of drug-likeness (QED) is 0.759. The van der Waals surface area contributed by atoms with Gasteiger partial charge in [0.15, 0.2) is 0 Å². The van der Waals surface area contributed by atoms with Gasteiger partial charge in [-0.15, -0.1) is 0 Å². The van der Waals surface area contributed by atoms with Crippen LogP contribution in [0.25, 0.3) is 0 Å². The number of rotatable bonds is 1. The van der Waals surface area contributed by atoms with Crippen LogP contribution in [0.4, 0.5) is 0 Å². The summed E-state index contributed by atoms with van der Waals surface area (Å²) in [7, 11) is 0. The van der Waals surface area contributed by atoms with Crippen molar-refractivity contribution in [1.82, 2.24) is 0 Å². The number of phenols is 1. The van der Waals surface area contributed by atoms with E-state index in [-0.39, 0.29) is 5.54 Å². The zero-order valence-corrected chi connectivity index (χ0v) is 9.55. The van der Waals surface area contributed by atoms with E-state index in [9.17, 15) is 5.11 Å². The highest BCUT2D eigenvalue weighted by Gasteiger charge is 2.40. The molecule has 1 heterocycles. The molecule has 0 bridgehead atoms. The Hall–Kier alpha value is -1.22. The predicted octanol–water partition coefficient (Wildman–Crippen LogP) is 1.97. The predicted molar refractivity (Wildman–Crippen MR) is 61.8 cm³/mol. The van der Waals surface area contributed by atoms with Gasteiger partial charge in [0.05, 0.1) is 6.61 Å². The molecule has 1 aliphatic heterocycles. The van der Waals surface area contributed by atoms with Crippen molar-refractivity contribution in [3.63, 3.8) is 0 Å². The van der Waals surface area contributed by atoms with Crippen molar-refractivity contribution < 1.29 is 9.84 Å². The summed E-state index contributed by atoms with van der Waals surface area (Å²) in [5, 5.41) is 10.2. The summed E-state index contributed by atoms with van der Waals surface area (Å²) in [6.45, 7) is 2.62. The maximum Gasteiger partial charge on any atom is 0.124 e. The first kappa shape index (κ1) is 9.97. The van der Waals surface area contributed by atoms with E-state index in [4.69, 9.17) is 10.5 Å². The highest BCUT2D eigenvalue weighted by atomic mass is 16.5. The number of aromatic hydroxyl groups is 1. The minimum absolute atomic E-state index is 0.312. The molecule has 0 radical (unpaired) electrons. The Bertz CT molecular complexity index is 450. The van der Waals surface area contributed by atoms with E-state index in [1.165, 1.54) is 0 Å². The van der Waals surface area contributed by atoms with Gasteiger partial charge < -0.3 is 15.6 Å². The molecule has 2 aliphatic rings. The Morgan fingerprint density at radius 2 is 2.19 bits per heavy atom. The molecule has 3 heteroatoms. The molecule has 1 aliphatic carbocycles. The maximum atomic E-state index is 10.2. The van der Waals surface area contributed by atoms with Gasteiger partial charge in [-0.1, -0.05) is 0 Å². The molecule has 1 fully saturated rings. The molecule has 1 aromatic carbocycles. The first-order chi connectivity index (χ1) is 7.62. The van der Waals surface area contributed by atoms with Crippen molar-refractivity contribution in [2.45, 2.75) is 38.1 Å². The van der Waals surface area contributed by atoms with Crippen molar-refractivity contribution >= 4 is 0 Å². The van der Waals surface area contributed by atoms with Crippen LogP contribution in [0, 0.1) is 6.92 Å². The summed E-state index contributed by atoms with van der Waals surface area (Å²) in [5.74, 6) is 1.30. The van der Waals surface area contributed by atoms with Gasteiger partial charge in [0.25, 0.3) is 0 Å². The molecule has 16 heavy (non-hydrogen) atoms. The summed E-state index contributed by atoms with van der Waals surface area (Å²) in [5.41, 5.74) is 8.99. The van der Waals surface area contributed by atoms with Gasteiger partial charge in [-0.05, 0) is 37.8 Å². The van der Waals surface area contributed by atoms with Crippen LogP contribution in [-0.2, 0) is 12.0 Å². The Labute approximate surface area is 95.2 Å². The van der Waals surface area contributed by atoms with Crippen molar-refractivity contribution in [2.24, 2.45) is 5.73 Å². The van der Waals surface area contributed by atoms with Gasteiger partial charge in [-0.25, -0.2) is 0 Å². The Balaban J connectivity index is 2.22. The van der Waals surface area contributed by atoms with Gasteiger partial charge in [-0.3, -0.25) is 0 Å². The van der Waals surface area contributed by atoms with Crippen molar-refractivity contribution in [3.05, 3.63) is 22.8 Å². The molecule has 0 spiro atoms. The monoisotopic (exact) mass is 219 g/mol. The van der Waals surface area contributed by atoms with E-state index in [0.29, 0.717) is 12.4 Å². The topological polar surface area (TPSA) is 55.5 Å². The molecule has 86 valence electrons. The fourth-order valence-corrected chi connectivity index (χ4v) is 2.80. The number of benzene rings is 1. The van der Waals surface area contributed by atoms with Crippen LogP contribution in [0.3, 0.4) is 0 Å². The highest BCUT2D eigenvalue weighted by molar-refractivity contribution is 5.57. The fraction of sp³-hybridized carbons (Fsp3) is 0.538. The summed E-state index contributed by atoms with van der Waals surface area (Å²) in [4.78, 5) is 0. The maximum absolute atomic E-state index is 10.2. The molecule has 0 atom stereocenters. The second-order valence-electron chi connectivity index (χ2n) is 5.00. The molecule has 1 aromatic rings. The lowest BCUT2D eigenvalue weighted by Gasteiger charge is -2.40. The third kappa shape index (κ3) is 1.18. The van der Waals surface area contributed by atoms with Gasteiger partial charge in [0.2, 0.25) is 0 Å². The molecule has 0 amide bonds. The zero-order chi connectivity index (χ0) is 11.3. The first-order valence-corrected chi connectivity index (χ1v) is 5.89. The summed E-state index contributed by atoms with van der Waals surface area (Å²) in [6.07, 6.45) is 3.96. The minimum Gasteiger partial charge on any atom is -0.507 e. The summed E-state index contributed by atoms with van der Waals surface area (Å²) in [6, 6.07) is 1.92. The van der Waals surface area contributed by atoms with E-state index in [0.717, 1.165) is 48.1 Å².